The zero-order valence-corrected chi connectivity index (χ0v) is 16.3. The SMILES string of the molecule is CCN(C(=O)CS(=O)(=O)Cc1ccc(Cl)c(Cl)c1)c1ccccc1C. The van der Waals surface area contributed by atoms with Crippen molar-refractivity contribution in [2.45, 2.75) is 19.6 Å². The quantitative estimate of drug-likeness (QED) is 0.728. The molecule has 2 aromatic carbocycles. The molecule has 0 aromatic heterocycles. The molecule has 0 unspecified atom stereocenters. The number of halogens is 2. The molecule has 0 N–H and O–H groups in total. The lowest BCUT2D eigenvalue weighted by atomic mass is 10.2. The van der Waals surface area contributed by atoms with Crippen LogP contribution < -0.4 is 4.90 Å². The van der Waals surface area contributed by atoms with E-state index in [9.17, 15) is 13.2 Å². The van der Waals surface area contributed by atoms with Gasteiger partial charge in [0.15, 0.2) is 9.84 Å². The van der Waals surface area contributed by atoms with Gasteiger partial charge in [-0.3, -0.25) is 4.79 Å². The van der Waals surface area contributed by atoms with Crippen LogP contribution in [0.5, 0.6) is 0 Å². The van der Waals surface area contributed by atoms with E-state index in [1.54, 1.807) is 12.1 Å². The molecule has 0 atom stereocenters. The van der Waals surface area contributed by atoms with Gasteiger partial charge < -0.3 is 4.90 Å². The number of nitrogens with zero attached hydrogens (tertiary/aromatic N) is 1. The standard InChI is InChI=1S/C18H19Cl2NO3S/c1-3-21(17-7-5-4-6-13(17)2)18(22)12-25(23,24)11-14-8-9-15(19)16(20)10-14/h4-10H,3,11-12H2,1-2H3. The van der Waals surface area contributed by atoms with Crippen LogP contribution in [0.2, 0.25) is 10.0 Å². The van der Waals surface area contributed by atoms with Gasteiger partial charge in [-0.25, -0.2) is 8.42 Å². The molecule has 134 valence electrons. The fourth-order valence-electron chi connectivity index (χ4n) is 2.55. The number of hydrogen-bond donors (Lipinski definition) is 0. The van der Waals surface area contributed by atoms with E-state index in [-0.39, 0.29) is 10.8 Å². The summed E-state index contributed by atoms with van der Waals surface area (Å²) in [5.41, 5.74) is 2.14. The van der Waals surface area contributed by atoms with Gasteiger partial charge in [0.2, 0.25) is 5.91 Å². The average molecular weight is 400 g/mol. The number of rotatable bonds is 6. The van der Waals surface area contributed by atoms with Gasteiger partial charge in [0, 0.05) is 12.2 Å². The van der Waals surface area contributed by atoms with Crippen molar-refractivity contribution in [3.05, 3.63) is 63.6 Å². The molecule has 4 nitrogen and oxygen atoms in total. The molecule has 2 aromatic rings. The van der Waals surface area contributed by atoms with Gasteiger partial charge in [0.1, 0.15) is 5.75 Å². The Morgan fingerprint density at radius 2 is 1.76 bits per heavy atom. The maximum absolute atomic E-state index is 12.6. The van der Waals surface area contributed by atoms with Gasteiger partial charge >= 0.3 is 0 Å². The Bertz CT molecular complexity index is 882. The van der Waals surface area contributed by atoms with E-state index in [0.717, 1.165) is 11.3 Å². The van der Waals surface area contributed by atoms with Crippen molar-refractivity contribution < 1.29 is 13.2 Å². The monoisotopic (exact) mass is 399 g/mol. The zero-order valence-electron chi connectivity index (χ0n) is 14.0. The molecular formula is C18H19Cl2NO3S. The third-order valence-electron chi connectivity index (χ3n) is 3.74. The average Bonchev–Trinajstić information content (AvgIpc) is 2.52. The van der Waals surface area contributed by atoms with Crippen molar-refractivity contribution >= 4 is 44.6 Å². The molecular weight excluding hydrogens is 381 g/mol. The number of hydrogen-bond acceptors (Lipinski definition) is 3. The molecule has 0 aliphatic heterocycles. The lowest BCUT2D eigenvalue weighted by Crippen LogP contribution is -2.36. The zero-order chi connectivity index (χ0) is 18.6. The van der Waals surface area contributed by atoms with Crippen LogP contribution in [0.1, 0.15) is 18.1 Å². The number of anilines is 1. The molecule has 0 bridgehead atoms. The summed E-state index contributed by atoms with van der Waals surface area (Å²) in [6.07, 6.45) is 0. The highest BCUT2D eigenvalue weighted by Crippen LogP contribution is 2.24. The van der Waals surface area contributed by atoms with E-state index in [1.807, 2.05) is 38.1 Å². The van der Waals surface area contributed by atoms with E-state index >= 15 is 0 Å². The Hall–Kier alpha value is -1.56. The Labute approximate surface area is 158 Å². The highest BCUT2D eigenvalue weighted by molar-refractivity contribution is 7.91. The minimum atomic E-state index is -3.63. The van der Waals surface area contributed by atoms with Gasteiger partial charge in [-0.2, -0.15) is 0 Å². The van der Waals surface area contributed by atoms with E-state index in [0.29, 0.717) is 17.1 Å². The number of sulfone groups is 1. The second kappa shape index (κ2) is 8.21. The number of carbonyl (C=O) groups excluding carboxylic acids is 1. The van der Waals surface area contributed by atoms with E-state index in [2.05, 4.69) is 0 Å². The van der Waals surface area contributed by atoms with Gasteiger partial charge in [-0.15, -0.1) is 0 Å². The minimum absolute atomic E-state index is 0.263. The molecule has 0 radical (unpaired) electrons. The van der Waals surface area contributed by atoms with Gasteiger partial charge in [-0.1, -0.05) is 47.5 Å². The topological polar surface area (TPSA) is 54.5 Å². The van der Waals surface area contributed by atoms with Crippen molar-refractivity contribution in [2.75, 3.05) is 17.2 Å². The van der Waals surface area contributed by atoms with E-state index < -0.39 is 21.5 Å². The minimum Gasteiger partial charge on any atom is -0.312 e. The van der Waals surface area contributed by atoms with Gasteiger partial charge in [0.05, 0.1) is 15.8 Å². The van der Waals surface area contributed by atoms with Crippen LogP contribution in [0.4, 0.5) is 5.69 Å². The van der Waals surface area contributed by atoms with Crippen LogP contribution in [-0.4, -0.2) is 26.6 Å². The summed E-state index contributed by atoms with van der Waals surface area (Å²) in [5.74, 6) is -1.27. The van der Waals surface area contributed by atoms with Gasteiger partial charge in [-0.05, 0) is 43.2 Å². The molecule has 0 spiro atoms. The van der Waals surface area contributed by atoms with Crippen LogP contribution in [0, 0.1) is 6.92 Å². The fourth-order valence-corrected chi connectivity index (χ4v) is 4.19. The number of aryl methyl sites for hydroxylation is 1. The third-order valence-corrected chi connectivity index (χ3v) is 5.94. The lowest BCUT2D eigenvalue weighted by Gasteiger charge is -2.23. The second-order valence-corrected chi connectivity index (χ2v) is 8.58. The Balaban J connectivity index is 2.16. The molecule has 0 fully saturated rings. The lowest BCUT2D eigenvalue weighted by molar-refractivity contribution is -0.116. The van der Waals surface area contributed by atoms with Crippen molar-refractivity contribution in [3.63, 3.8) is 0 Å². The first-order valence-corrected chi connectivity index (χ1v) is 10.3. The Morgan fingerprint density at radius 3 is 2.36 bits per heavy atom. The first-order valence-electron chi connectivity index (χ1n) is 7.74. The number of para-hydroxylation sites is 1. The largest absolute Gasteiger partial charge is 0.312 e. The normalized spacial score (nSPS) is 11.4. The maximum Gasteiger partial charge on any atom is 0.242 e. The second-order valence-electron chi connectivity index (χ2n) is 5.71. The highest BCUT2D eigenvalue weighted by Gasteiger charge is 2.23. The number of carbonyl (C=O) groups is 1. The van der Waals surface area contributed by atoms with Crippen LogP contribution >= 0.6 is 23.2 Å². The molecule has 0 heterocycles. The molecule has 0 aliphatic carbocycles. The van der Waals surface area contributed by atoms with Crippen LogP contribution in [0.25, 0.3) is 0 Å². The Morgan fingerprint density at radius 1 is 1.08 bits per heavy atom. The highest BCUT2D eigenvalue weighted by atomic mass is 35.5. The van der Waals surface area contributed by atoms with E-state index in [4.69, 9.17) is 23.2 Å². The molecule has 2 rings (SSSR count). The summed E-state index contributed by atoms with van der Waals surface area (Å²) in [6, 6.07) is 12.0. The number of amides is 1. The predicted molar refractivity (Wildman–Crippen MR) is 103 cm³/mol. The molecule has 0 saturated carbocycles. The maximum atomic E-state index is 12.6. The molecule has 0 aliphatic rings. The molecule has 1 amide bonds. The third kappa shape index (κ3) is 5.21. The summed E-state index contributed by atoms with van der Waals surface area (Å²) < 4.78 is 24.8. The molecule has 7 heteroatoms. The van der Waals surface area contributed by atoms with Crippen LogP contribution in [0.15, 0.2) is 42.5 Å². The summed E-state index contributed by atoms with van der Waals surface area (Å²) in [5, 5.41) is 0.645. The van der Waals surface area contributed by atoms with Crippen molar-refractivity contribution in [3.8, 4) is 0 Å². The summed E-state index contributed by atoms with van der Waals surface area (Å²) in [6.45, 7) is 4.09. The summed E-state index contributed by atoms with van der Waals surface area (Å²) in [7, 11) is -3.63. The summed E-state index contributed by atoms with van der Waals surface area (Å²) in [4.78, 5) is 14.0. The smallest absolute Gasteiger partial charge is 0.242 e. The van der Waals surface area contributed by atoms with Gasteiger partial charge in [0.25, 0.3) is 0 Å². The predicted octanol–water partition coefficient (Wildman–Crippen LogP) is 4.27. The van der Waals surface area contributed by atoms with E-state index in [1.165, 1.54) is 11.0 Å². The van der Waals surface area contributed by atoms with Crippen LogP contribution in [-0.2, 0) is 20.4 Å². The Kier molecular flexibility index (Phi) is 6.49. The van der Waals surface area contributed by atoms with Crippen molar-refractivity contribution in [2.24, 2.45) is 0 Å². The molecule has 0 saturated heterocycles. The number of benzene rings is 2. The van der Waals surface area contributed by atoms with Crippen molar-refractivity contribution in [1.82, 2.24) is 0 Å². The molecule has 25 heavy (non-hydrogen) atoms. The first-order chi connectivity index (χ1) is 11.7. The first kappa shape index (κ1) is 19.8. The van der Waals surface area contributed by atoms with Crippen LogP contribution in [0.3, 0.4) is 0 Å². The van der Waals surface area contributed by atoms with Crippen molar-refractivity contribution in [1.29, 1.82) is 0 Å². The summed E-state index contributed by atoms with van der Waals surface area (Å²) >= 11 is 11.8. The fraction of sp³-hybridized carbons (Fsp3) is 0.278.